The summed E-state index contributed by atoms with van der Waals surface area (Å²) in [5, 5.41) is 12.6. The molecule has 3 aromatic rings. The van der Waals surface area contributed by atoms with E-state index >= 15 is 0 Å². The van der Waals surface area contributed by atoms with Gasteiger partial charge in [-0.25, -0.2) is 13.2 Å². The lowest BCUT2D eigenvalue weighted by Crippen LogP contribution is -2.46. The van der Waals surface area contributed by atoms with Gasteiger partial charge in [0.25, 0.3) is 0 Å². The van der Waals surface area contributed by atoms with Crippen LogP contribution in [0.25, 0.3) is 0 Å². The molecule has 9 heteroatoms. The molecule has 1 N–H and O–H groups in total. The van der Waals surface area contributed by atoms with Gasteiger partial charge < -0.3 is 14.7 Å². The highest BCUT2D eigenvalue weighted by Crippen LogP contribution is 2.42. The lowest BCUT2D eigenvalue weighted by atomic mass is 9.72. The van der Waals surface area contributed by atoms with Gasteiger partial charge in [0.2, 0.25) is 10.0 Å². The van der Waals surface area contributed by atoms with Gasteiger partial charge in [0.15, 0.2) is 0 Å². The first-order valence-electron chi connectivity index (χ1n) is 12.8. The van der Waals surface area contributed by atoms with Crippen molar-refractivity contribution in [2.75, 3.05) is 26.2 Å². The van der Waals surface area contributed by atoms with Crippen LogP contribution in [-0.2, 0) is 15.6 Å². The van der Waals surface area contributed by atoms with Crippen molar-refractivity contribution >= 4 is 27.7 Å². The van der Waals surface area contributed by atoms with E-state index in [0.717, 1.165) is 11.1 Å². The van der Waals surface area contributed by atoms with Gasteiger partial charge in [-0.2, -0.15) is 4.31 Å². The first-order chi connectivity index (χ1) is 18.2. The average molecular weight is 557 g/mol. The Morgan fingerprint density at radius 1 is 0.974 bits per heavy atom. The van der Waals surface area contributed by atoms with Crippen LogP contribution < -0.4 is 4.74 Å². The number of hydrogen-bond acceptors (Lipinski definition) is 5. The summed E-state index contributed by atoms with van der Waals surface area (Å²) in [7, 11) is -3.59. The summed E-state index contributed by atoms with van der Waals surface area (Å²) < 4.78 is 32.3. The molecule has 1 amide bonds. The molecule has 0 aromatic heterocycles. The fourth-order valence-corrected chi connectivity index (χ4v) is 6.74. The zero-order valence-electron chi connectivity index (χ0n) is 21.6. The maximum Gasteiger partial charge on any atom is 0.415 e. The smallest absolute Gasteiger partial charge is 0.410 e. The number of carbonyl (C=O) groups is 1. The highest BCUT2D eigenvalue weighted by atomic mass is 35.5. The van der Waals surface area contributed by atoms with Crippen LogP contribution in [0.2, 0.25) is 5.02 Å². The van der Waals surface area contributed by atoms with Gasteiger partial charge in [-0.15, -0.1) is 0 Å². The average Bonchev–Trinajstić information content (AvgIpc) is 2.94. The van der Waals surface area contributed by atoms with Crippen molar-refractivity contribution in [2.45, 2.75) is 37.2 Å². The van der Waals surface area contributed by atoms with Crippen LogP contribution in [0.1, 0.15) is 37.8 Å². The third-order valence-electron chi connectivity index (χ3n) is 7.19. The van der Waals surface area contributed by atoms with Crippen LogP contribution in [-0.4, -0.2) is 55.0 Å². The number of amides is 1. The Balaban J connectivity index is 1.45. The SMILES string of the molecule is CCN(CC)S(=O)(=O)c1ccc(OC(=O)N2CCC(C(O)(c3ccccc3)c3cccc(Cl)c3)CC2)cc1. The molecule has 0 bridgehead atoms. The van der Waals surface area contributed by atoms with Crippen LogP contribution in [0, 0.1) is 5.92 Å². The van der Waals surface area contributed by atoms with Crippen molar-refractivity contribution in [3.63, 3.8) is 0 Å². The fourth-order valence-electron chi connectivity index (χ4n) is 5.09. The Kier molecular flexibility index (Phi) is 8.78. The molecule has 3 aromatic carbocycles. The fraction of sp³-hybridized carbons (Fsp3) is 0.345. The number of carbonyl (C=O) groups excluding carboxylic acids is 1. The van der Waals surface area contributed by atoms with E-state index < -0.39 is 21.7 Å². The topological polar surface area (TPSA) is 87.2 Å². The second-order valence-corrected chi connectivity index (χ2v) is 11.7. The normalized spacial score (nSPS) is 16.3. The molecular weight excluding hydrogens is 524 g/mol. The van der Waals surface area contributed by atoms with Crippen molar-refractivity contribution in [3.05, 3.63) is 95.0 Å². The molecule has 202 valence electrons. The molecule has 38 heavy (non-hydrogen) atoms. The lowest BCUT2D eigenvalue weighted by Gasteiger charge is -2.42. The first-order valence-corrected chi connectivity index (χ1v) is 14.6. The van der Waals surface area contributed by atoms with Crippen LogP contribution in [0.3, 0.4) is 0 Å². The molecule has 1 atom stereocenters. The minimum Gasteiger partial charge on any atom is -0.410 e. The number of aliphatic hydroxyl groups is 1. The second kappa shape index (κ2) is 11.9. The predicted octanol–water partition coefficient (Wildman–Crippen LogP) is 5.52. The predicted molar refractivity (Wildman–Crippen MR) is 148 cm³/mol. The number of piperidine rings is 1. The molecule has 4 rings (SSSR count). The van der Waals surface area contributed by atoms with Gasteiger partial charge >= 0.3 is 6.09 Å². The quantitative estimate of drug-likeness (QED) is 0.395. The molecule has 1 heterocycles. The van der Waals surface area contributed by atoms with Gasteiger partial charge in [-0.1, -0.05) is 67.9 Å². The standard InChI is InChI=1S/C29H33ClN2O5S/c1-3-32(4-2)38(35,36)27-15-13-26(14-16-27)37-28(33)31-19-17-23(18-20-31)29(34,22-9-6-5-7-10-22)24-11-8-12-25(30)21-24/h5-16,21,23,34H,3-4,17-20H2,1-2H3. The van der Waals surface area contributed by atoms with E-state index in [1.54, 1.807) is 30.9 Å². The molecule has 1 aliphatic heterocycles. The third-order valence-corrected chi connectivity index (χ3v) is 9.49. The third kappa shape index (κ3) is 5.73. The molecular formula is C29H33ClN2O5S. The van der Waals surface area contributed by atoms with Crippen molar-refractivity contribution in [3.8, 4) is 5.75 Å². The maximum atomic E-state index is 12.9. The van der Waals surface area contributed by atoms with E-state index in [9.17, 15) is 18.3 Å². The van der Waals surface area contributed by atoms with Crippen LogP contribution in [0.5, 0.6) is 5.75 Å². The minimum atomic E-state index is -3.59. The summed E-state index contributed by atoms with van der Waals surface area (Å²) in [6, 6.07) is 22.7. The number of rotatable bonds is 8. The second-order valence-electron chi connectivity index (χ2n) is 9.33. The van der Waals surface area contributed by atoms with E-state index in [1.165, 1.54) is 28.6 Å². The monoisotopic (exact) mass is 556 g/mol. The number of ether oxygens (including phenoxy) is 1. The largest absolute Gasteiger partial charge is 0.415 e. The van der Waals surface area contributed by atoms with Crippen LogP contribution in [0.4, 0.5) is 4.79 Å². The number of halogens is 1. The van der Waals surface area contributed by atoms with Gasteiger partial charge in [0.1, 0.15) is 11.4 Å². The zero-order chi connectivity index (χ0) is 27.3. The maximum absolute atomic E-state index is 12.9. The number of likely N-dealkylation sites (tertiary alicyclic amines) is 1. The van der Waals surface area contributed by atoms with E-state index in [1.807, 2.05) is 42.5 Å². The highest BCUT2D eigenvalue weighted by Gasteiger charge is 2.42. The molecule has 0 aliphatic carbocycles. The number of hydrogen-bond donors (Lipinski definition) is 1. The molecule has 7 nitrogen and oxygen atoms in total. The Bertz CT molecular complexity index is 1340. The summed E-state index contributed by atoms with van der Waals surface area (Å²) in [6.07, 6.45) is 0.621. The zero-order valence-corrected chi connectivity index (χ0v) is 23.2. The van der Waals surface area contributed by atoms with E-state index in [4.69, 9.17) is 16.3 Å². The molecule has 0 saturated carbocycles. The summed E-state index contributed by atoms with van der Waals surface area (Å²) in [6.45, 7) is 5.15. The van der Waals surface area contributed by atoms with Crippen molar-refractivity contribution in [2.24, 2.45) is 5.92 Å². The highest BCUT2D eigenvalue weighted by molar-refractivity contribution is 7.89. The number of nitrogens with zero attached hydrogens (tertiary/aromatic N) is 2. The Labute approximate surface area is 229 Å². The number of benzene rings is 3. The van der Waals surface area contributed by atoms with E-state index in [-0.39, 0.29) is 16.6 Å². The van der Waals surface area contributed by atoms with Gasteiger partial charge in [-0.05, 0) is 66.3 Å². The lowest BCUT2D eigenvalue weighted by molar-refractivity contribution is -0.0115. The summed E-state index contributed by atoms with van der Waals surface area (Å²) in [5.41, 5.74) is 0.244. The first kappa shape index (κ1) is 28.1. The summed E-state index contributed by atoms with van der Waals surface area (Å²) in [5.74, 6) is 0.132. The summed E-state index contributed by atoms with van der Waals surface area (Å²) in [4.78, 5) is 14.7. The van der Waals surface area contributed by atoms with Gasteiger partial charge in [-0.3, -0.25) is 0 Å². The Hall–Kier alpha value is -2.91. The van der Waals surface area contributed by atoms with E-state index in [0.29, 0.717) is 44.0 Å². The Morgan fingerprint density at radius 3 is 2.16 bits per heavy atom. The van der Waals surface area contributed by atoms with Gasteiger partial charge in [0.05, 0.1) is 4.90 Å². The van der Waals surface area contributed by atoms with Crippen LogP contribution >= 0.6 is 11.6 Å². The molecule has 1 aliphatic rings. The van der Waals surface area contributed by atoms with E-state index in [2.05, 4.69) is 0 Å². The van der Waals surface area contributed by atoms with Crippen molar-refractivity contribution in [1.29, 1.82) is 0 Å². The number of sulfonamides is 1. The van der Waals surface area contributed by atoms with Crippen LogP contribution in [0.15, 0.2) is 83.8 Å². The molecule has 0 radical (unpaired) electrons. The van der Waals surface area contributed by atoms with Crippen molar-refractivity contribution < 1.29 is 23.1 Å². The molecule has 1 unspecified atom stereocenters. The molecule has 1 saturated heterocycles. The molecule has 0 spiro atoms. The minimum absolute atomic E-state index is 0.142. The molecule has 1 fully saturated rings. The Morgan fingerprint density at radius 2 is 1.58 bits per heavy atom. The van der Waals surface area contributed by atoms with Crippen molar-refractivity contribution in [1.82, 2.24) is 9.21 Å². The summed E-state index contributed by atoms with van der Waals surface area (Å²) >= 11 is 6.27. The van der Waals surface area contributed by atoms with Gasteiger partial charge in [0, 0.05) is 31.2 Å².